The van der Waals surface area contributed by atoms with Crippen LogP contribution in [0.2, 0.25) is 0 Å². The lowest BCUT2D eigenvalue weighted by atomic mass is 10.3. The first-order valence-corrected chi connectivity index (χ1v) is 4.06. The molecule has 1 heterocycles. The van der Waals surface area contributed by atoms with Gasteiger partial charge in [0.15, 0.2) is 12.4 Å². The van der Waals surface area contributed by atoms with E-state index >= 15 is 0 Å². The molecule has 0 unspecified atom stereocenters. The van der Waals surface area contributed by atoms with Crippen molar-refractivity contribution >= 4 is 6.21 Å². The summed E-state index contributed by atoms with van der Waals surface area (Å²) in [5.74, 6) is 0. The van der Waals surface area contributed by atoms with E-state index < -0.39 is 0 Å². The lowest BCUT2D eigenvalue weighted by molar-refractivity contribution is -0.605. The van der Waals surface area contributed by atoms with Crippen LogP contribution in [0.1, 0.15) is 19.4 Å². The van der Waals surface area contributed by atoms with Gasteiger partial charge in [-0.3, -0.25) is 0 Å². The van der Waals surface area contributed by atoms with Crippen LogP contribution in [0.3, 0.4) is 0 Å². The SMILES string of the molecule is CC(C)O/N=C/c1cc[n+]([O-])cc1. The Morgan fingerprint density at radius 1 is 1.46 bits per heavy atom. The van der Waals surface area contributed by atoms with E-state index in [0.29, 0.717) is 0 Å². The molecule has 1 aromatic heterocycles. The zero-order chi connectivity index (χ0) is 9.68. The molecule has 0 radical (unpaired) electrons. The van der Waals surface area contributed by atoms with Crippen molar-refractivity contribution in [2.75, 3.05) is 0 Å². The van der Waals surface area contributed by atoms with Crippen molar-refractivity contribution in [2.24, 2.45) is 5.16 Å². The number of hydrogen-bond acceptors (Lipinski definition) is 3. The summed E-state index contributed by atoms with van der Waals surface area (Å²) in [6.45, 7) is 3.79. The van der Waals surface area contributed by atoms with E-state index in [4.69, 9.17) is 4.84 Å². The summed E-state index contributed by atoms with van der Waals surface area (Å²) >= 11 is 0. The van der Waals surface area contributed by atoms with Gasteiger partial charge in [-0.15, -0.1) is 0 Å². The molecule has 0 N–H and O–H groups in total. The fourth-order valence-corrected chi connectivity index (χ4v) is 0.723. The average Bonchev–Trinajstić information content (AvgIpc) is 2.08. The molecule has 0 saturated heterocycles. The van der Waals surface area contributed by atoms with Crippen LogP contribution in [0, 0.1) is 5.21 Å². The summed E-state index contributed by atoms with van der Waals surface area (Å²) in [4.78, 5) is 4.96. The topological polar surface area (TPSA) is 48.5 Å². The molecular weight excluding hydrogens is 168 g/mol. The van der Waals surface area contributed by atoms with E-state index in [1.54, 1.807) is 18.3 Å². The first kappa shape index (κ1) is 9.51. The molecule has 4 nitrogen and oxygen atoms in total. The van der Waals surface area contributed by atoms with Gasteiger partial charge in [0.05, 0.1) is 6.21 Å². The Kier molecular flexibility index (Phi) is 3.25. The van der Waals surface area contributed by atoms with Crippen molar-refractivity contribution in [3.8, 4) is 0 Å². The molecule has 0 aliphatic carbocycles. The van der Waals surface area contributed by atoms with Gasteiger partial charge in [0, 0.05) is 17.7 Å². The largest absolute Gasteiger partial charge is 0.619 e. The third kappa shape index (κ3) is 3.55. The van der Waals surface area contributed by atoms with E-state index in [2.05, 4.69) is 5.16 Å². The maximum atomic E-state index is 10.6. The summed E-state index contributed by atoms with van der Waals surface area (Å²) in [7, 11) is 0. The highest BCUT2D eigenvalue weighted by atomic mass is 16.6. The van der Waals surface area contributed by atoms with Gasteiger partial charge >= 0.3 is 0 Å². The normalized spacial score (nSPS) is 11.0. The summed E-state index contributed by atoms with van der Waals surface area (Å²) in [6, 6.07) is 3.33. The Labute approximate surface area is 77.0 Å². The molecular formula is C9H12N2O2. The minimum absolute atomic E-state index is 0.0735. The molecule has 4 heteroatoms. The fraction of sp³-hybridized carbons (Fsp3) is 0.333. The molecule has 0 amide bonds. The number of hydrogen-bond donors (Lipinski definition) is 0. The molecule has 1 rings (SSSR count). The molecule has 0 atom stereocenters. The lowest BCUT2D eigenvalue weighted by Gasteiger charge is -2.00. The van der Waals surface area contributed by atoms with Crippen LogP contribution in [-0.4, -0.2) is 12.3 Å². The van der Waals surface area contributed by atoms with Crippen LogP contribution >= 0.6 is 0 Å². The number of pyridine rings is 1. The van der Waals surface area contributed by atoms with Crippen molar-refractivity contribution in [1.82, 2.24) is 0 Å². The van der Waals surface area contributed by atoms with E-state index in [9.17, 15) is 5.21 Å². The van der Waals surface area contributed by atoms with Gasteiger partial charge in [0.25, 0.3) is 0 Å². The highest BCUT2D eigenvalue weighted by molar-refractivity contribution is 5.78. The van der Waals surface area contributed by atoms with Gasteiger partial charge < -0.3 is 10.0 Å². The Bertz CT molecular complexity index is 280. The van der Waals surface area contributed by atoms with Crippen LogP contribution in [0.25, 0.3) is 0 Å². The second-order valence-electron chi connectivity index (χ2n) is 2.88. The average molecular weight is 180 g/mol. The first-order valence-electron chi connectivity index (χ1n) is 4.06. The highest BCUT2D eigenvalue weighted by Crippen LogP contribution is 1.92. The van der Waals surface area contributed by atoms with E-state index in [0.717, 1.165) is 10.3 Å². The van der Waals surface area contributed by atoms with Crippen LogP contribution < -0.4 is 4.73 Å². The monoisotopic (exact) mass is 180 g/mol. The molecule has 70 valence electrons. The third-order valence-electron chi connectivity index (χ3n) is 1.30. The predicted molar refractivity (Wildman–Crippen MR) is 49.2 cm³/mol. The molecule has 0 bridgehead atoms. The molecule has 0 aromatic carbocycles. The van der Waals surface area contributed by atoms with Gasteiger partial charge in [0.1, 0.15) is 6.10 Å². The second kappa shape index (κ2) is 4.45. The van der Waals surface area contributed by atoms with Crippen LogP contribution in [-0.2, 0) is 4.84 Å². The van der Waals surface area contributed by atoms with E-state index in [-0.39, 0.29) is 6.10 Å². The van der Waals surface area contributed by atoms with Crippen molar-refractivity contribution in [3.63, 3.8) is 0 Å². The zero-order valence-electron chi connectivity index (χ0n) is 7.68. The molecule has 0 fully saturated rings. The van der Waals surface area contributed by atoms with Gasteiger partial charge in [0.2, 0.25) is 0 Å². The van der Waals surface area contributed by atoms with Crippen molar-refractivity contribution in [2.45, 2.75) is 20.0 Å². The summed E-state index contributed by atoms with van der Waals surface area (Å²) < 4.78 is 0.723. The van der Waals surface area contributed by atoms with Crippen molar-refractivity contribution < 1.29 is 9.57 Å². The van der Waals surface area contributed by atoms with E-state index in [1.807, 2.05) is 13.8 Å². The molecule has 0 aliphatic heterocycles. The Morgan fingerprint density at radius 2 is 2.08 bits per heavy atom. The van der Waals surface area contributed by atoms with Gasteiger partial charge in [-0.05, 0) is 13.8 Å². The zero-order valence-corrected chi connectivity index (χ0v) is 7.68. The Balaban J connectivity index is 2.54. The van der Waals surface area contributed by atoms with Crippen LogP contribution in [0.4, 0.5) is 0 Å². The number of rotatable bonds is 3. The molecule has 13 heavy (non-hydrogen) atoms. The van der Waals surface area contributed by atoms with Gasteiger partial charge in [-0.25, -0.2) is 0 Å². The summed E-state index contributed by atoms with van der Waals surface area (Å²) in [5.41, 5.74) is 0.841. The quantitative estimate of drug-likeness (QED) is 0.302. The standard InChI is InChI=1S/C9H12N2O2/c1-8(2)13-10-7-9-3-5-11(12)6-4-9/h3-8H,1-2H3/b10-7+. The van der Waals surface area contributed by atoms with Gasteiger partial charge in [-0.2, -0.15) is 4.73 Å². The van der Waals surface area contributed by atoms with Crippen LogP contribution in [0.15, 0.2) is 29.7 Å². The number of oxime groups is 1. The summed E-state index contributed by atoms with van der Waals surface area (Å²) in [5, 5.41) is 14.4. The molecule has 0 spiro atoms. The number of aromatic nitrogens is 1. The van der Waals surface area contributed by atoms with Crippen molar-refractivity contribution in [1.29, 1.82) is 0 Å². The lowest BCUT2D eigenvalue weighted by Crippen LogP contribution is -2.23. The molecule has 0 saturated carbocycles. The predicted octanol–water partition coefficient (Wildman–Crippen LogP) is 1.08. The third-order valence-corrected chi connectivity index (χ3v) is 1.30. The Hall–Kier alpha value is -1.58. The second-order valence-corrected chi connectivity index (χ2v) is 2.88. The Morgan fingerprint density at radius 3 is 2.62 bits per heavy atom. The smallest absolute Gasteiger partial charge is 0.181 e. The van der Waals surface area contributed by atoms with Crippen LogP contribution in [0.5, 0.6) is 0 Å². The fourth-order valence-electron chi connectivity index (χ4n) is 0.723. The maximum Gasteiger partial charge on any atom is 0.181 e. The highest BCUT2D eigenvalue weighted by Gasteiger charge is 1.91. The summed E-state index contributed by atoms with van der Waals surface area (Å²) in [6.07, 6.45) is 4.47. The molecule has 1 aromatic rings. The minimum atomic E-state index is 0.0735. The maximum absolute atomic E-state index is 10.6. The van der Waals surface area contributed by atoms with Crippen molar-refractivity contribution in [3.05, 3.63) is 35.3 Å². The first-order chi connectivity index (χ1) is 6.18. The molecule has 0 aliphatic rings. The number of nitrogens with zero attached hydrogens (tertiary/aromatic N) is 2. The van der Waals surface area contributed by atoms with E-state index in [1.165, 1.54) is 12.4 Å². The minimum Gasteiger partial charge on any atom is -0.619 e. The van der Waals surface area contributed by atoms with Gasteiger partial charge in [-0.1, -0.05) is 5.16 Å².